The van der Waals surface area contributed by atoms with Crippen LogP contribution < -0.4 is 5.32 Å². The number of hydrogen-bond donors (Lipinski definition) is 1. The number of aryl methyl sites for hydroxylation is 3. The van der Waals surface area contributed by atoms with Crippen molar-refractivity contribution in [2.24, 2.45) is 0 Å². The van der Waals surface area contributed by atoms with E-state index in [4.69, 9.17) is 4.42 Å². The van der Waals surface area contributed by atoms with Crippen LogP contribution in [0.3, 0.4) is 0 Å². The van der Waals surface area contributed by atoms with Crippen LogP contribution in [0.1, 0.15) is 28.0 Å². The van der Waals surface area contributed by atoms with Gasteiger partial charge in [0.1, 0.15) is 5.76 Å². The van der Waals surface area contributed by atoms with Crippen molar-refractivity contribution < 1.29 is 4.42 Å². The average Bonchev–Trinajstić information content (AvgIpc) is 2.79. The first-order chi connectivity index (χ1) is 8.66. The summed E-state index contributed by atoms with van der Waals surface area (Å²) in [7, 11) is 0. The molecule has 0 saturated carbocycles. The monoisotopic (exact) mass is 243 g/mol. The van der Waals surface area contributed by atoms with Gasteiger partial charge in [-0.15, -0.1) is 0 Å². The van der Waals surface area contributed by atoms with Crippen LogP contribution in [0, 0.1) is 20.8 Å². The Morgan fingerprint density at radius 3 is 2.44 bits per heavy atom. The smallest absolute Gasteiger partial charge is 0.105 e. The van der Waals surface area contributed by atoms with Crippen LogP contribution >= 0.6 is 0 Å². The quantitative estimate of drug-likeness (QED) is 0.813. The van der Waals surface area contributed by atoms with Gasteiger partial charge in [0.2, 0.25) is 0 Å². The van der Waals surface area contributed by atoms with E-state index in [0.717, 1.165) is 25.3 Å². The van der Waals surface area contributed by atoms with Gasteiger partial charge >= 0.3 is 0 Å². The topological polar surface area (TPSA) is 25.2 Å². The molecule has 0 amide bonds. The van der Waals surface area contributed by atoms with E-state index < -0.39 is 0 Å². The Hall–Kier alpha value is -1.54. The van der Waals surface area contributed by atoms with E-state index in [9.17, 15) is 0 Å². The molecule has 0 unspecified atom stereocenters. The fraction of sp³-hybridized carbons (Fsp3) is 0.375. The minimum Gasteiger partial charge on any atom is -0.469 e. The Morgan fingerprint density at radius 2 is 1.83 bits per heavy atom. The molecule has 0 aliphatic carbocycles. The summed E-state index contributed by atoms with van der Waals surface area (Å²) in [5.41, 5.74) is 5.50. The van der Waals surface area contributed by atoms with Gasteiger partial charge in [-0.05, 0) is 49.6 Å². The van der Waals surface area contributed by atoms with Gasteiger partial charge < -0.3 is 9.73 Å². The predicted molar refractivity (Wildman–Crippen MR) is 74.8 cm³/mol. The highest BCUT2D eigenvalue weighted by atomic mass is 16.3. The molecule has 0 saturated heterocycles. The van der Waals surface area contributed by atoms with Crippen molar-refractivity contribution in [2.75, 3.05) is 6.54 Å². The number of nitrogens with one attached hydrogen (secondary N) is 1. The normalized spacial score (nSPS) is 10.8. The molecule has 2 nitrogen and oxygen atoms in total. The number of rotatable bonds is 5. The number of furan rings is 1. The standard InChI is InChI=1S/C16H21NO/c1-12-9-13(2)16(14(3)10-12)11-17-7-6-15-5-4-8-18-15/h4-5,8-10,17H,6-7,11H2,1-3H3. The summed E-state index contributed by atoms with van der Waals surface area (Å²) in [6, 6.07) is 8.45. The van der Waals surface area contributed by atoms with E-state index in [-0.39, 0.29) is 0 Å². The van der Waals surface area contributed by atoms with Crippen molar-refractivity contribution in [1.29, 1.82) is 0 Å². The molecule has 0 aliphatic heterocycles. The molecule has 0 radical (unpaired) electrons. The van der Waals surface area contributed by atoms with Crippen molar-refractivity contribution in [3.8, 4) is 0 Å². The number of benzene rings is 1. The maximum absolute atomic E-state index is 5.31. The summed E-state index contributed by atoms with van der Waals surface area (Å²) in [6.07, 6.45) is 2.67. The highest BCUT2D eigenvalue weighted by molar-refractivity contribution is 5.37. The second-order valence-corrected chi connectivity index (χ2v) is 4.88. The molecule has 1 aromatic heterocycles. The van der Waals surface area contributed by atoms with Crippen LogP contribution in [0.4, 0.5) is 0 Å². The van der Waals surface area contributed by atoms with Gasteiger partial charge in [0.25, 0.3) is 0 Å². The molecular formula is C16H21NO. The molecule has 1 aromatic carbocycles. The molecule has 18 heavy (non-hydrogen) atoms. The van der Waals surface area contributed by atoms with Gasteiger partial charge in [-0.1, -0.05) is 17.7 Å². The summed E-state index contributed by atoms with van der Waals surface area (Å²) < 4.78 is 5.31. The van der Waals surface area contributed by atoms with E-state index in [1.807, 2.05) is 12.1 Å². The molecule has 1 N–H and O–H groups in total. The van der Waals surface area contributed by atoms with Gasteiger partial charge in [-0.3, -0.25) is 0 Å². The van der Waals surface area contributed by atoms with Crippen molar-refractivity contribution in [3.63, 3.8) is 0 Å². The van der Waals surface area contributed by atoms with Crippen LogP contribution in [-0.4, -0.2) is 6.54 Å². The van der Waals surface area contributed by atoms with E-state index in [2.05, 4.69) is 38.2 Å². The average molecular weight is 243 g/mol. The highest BCUT2D eigenvalue weighted by Gasteiger charge is 2.03. The lowest BCUT2D eigenvalue weighted by atomic mass is 10.00. The summed E-state index contributed by atoms with van der Waals surface area (Å²) in [5, 5.41) is 3.48. The second-order valence-electron chi connectivity index (χ2n) is 4.88. The number of hydrogen-bond acceptors (Lipinski definition) is 2. The molecule has 0 bridgehead atoms. The third-order valence-corrected chi connectivity index (χ3v) is 3.27. The largest absolute Gasteiger partial charge is 0.469 e. The summed E-state index contributed by atoms with van der Waals surface area (Å²) in [4.78, 5) is 0. The minimum absolute atomic E-state index is 0.929. The zero-order chi connectivity index (χ0) is 13.0. The van der Waals surface area contributed by atoms with Crippen LogP contribution in [0.25, 0.3) is 0 Å². The first-order valence-corrected chi connectivity index (χ1v) is 6.46. The third kappa shape index (κ3) is 3.23. The Labute approximate surface area is 109 Å². The Balaban J connectivity index is 1.87. The predicted octanol–water partition coefficient (Wildman–Crippen LogP) is 3.54. The molecule has 2 rings (SSSR count). The fourth-order valence-corrected chi connectivity index (χ4v) is 2.37. The molecule has 2 aromatic rings. The van der Waals surface area contributed by atoms with Gasteiger partial charge in [-0.25, -0.2) is 0 Å². The minimum atomic E-state index is 0.929. The molecule has 0 fully saturated rings. The first kappa shape index (κ1) is 12.9. The lowest BCUT2D eigenvalue weighted by Crippen LogP contribution is -2.18. The van der Waals surface area contributed by atoms with E-state index in [1.165, 1.54) is 22.3 Å². The van der Waals surface area contributed by atoms with Gasteiger partial charge in [-0.2, -0.15) is 0 Å². The van der Waals surface area contributed by atoms with Crippen LogP contribution in [0.5, 0.6) is 0 Å². The van der Waals surface area contributed by atoms with Gasteiger partial charge in [0.15, 0.2) is 0 Å². The third-order valence-electron chi connectivity index (χ3n) is 3.27. The Kier molecular flexibility index (Phi) is 4.21. The molecule has 0 atom stereocenters. The highest BCUT2D eigenvalue weighted by Crippen LogP contribution is 2.15. The SMILES string of the molecule is Cc1cc(C)c(CNCCc2ccco2)c(C)c1. The van der Waals surface area contributed by atoms with Crippen LogP contribution in [0.15, 0.2) is 34.9 Å². The van der Waals surface area contributed by atoms with Gasteiger partial charge in [0.05, 0.1) is 6.26 Å². The molecule has 0 aliphatic rings. The fourth-order valence-electron chi connectivity index (χ4n) is 2.37. The van der Waals surface area contributed by atoms with E-state index in [0.29, 0.717) is 0 Å². The summed E-state index contributed by atoms with van der Waals surface area (Å²) >= 11 is 0. The second kappa shape index (κ2) is 5.87. The van der Waals surface area contributed by atoms with Crippen molar-refractivity contribution in [1.82, 2.24) is 5.32 Å². The zero-order valence-corrected chi connectivity index (χ0v) is 11.4. The first-order valence-electron chi connectivity index (χ1n) is 6.46. The van der Waals surface area contributed by atoms with Gasteiger partial charge in [0, 0.05) is 19.5 Å². The van der Waals surface area contributed by atoms with Crippen LogP contribution in [0.2, 0.25) is 0 Å². The Morgan fingerprint density at radius 1 is 1.11 bits per heavy atom. The lowest BCUT2D eigenvalue weighted by Gasteiger charge is -2.12. The Bertz CT molecular complexity index is 477. The summed E-state index contributed by atoms with van der Waals surface area (Å²) in [6.45, 7) is 8.39. The van der Waals surface area contributed by atoms with Crippen LogP contribution in [-0.2, 0) is 13.0 Å². The van der Waals surface area contributed by atoms with E-state index in [1.54, 1.807) is 6.26 Å². The maximum atomic E-state index is 5.31. The van der Waals surface area contributed by atoms with Crippen molar-refractivity contribution in [2.45, 2.75) is 33.7 Å². The summed E-state index contributed by atoms with van der Waals surface area (Å²) in [5.74, 6) is 1.04. The molecule has 2 heteroatoms. The van der Waals surface area contributed by atoms with Crippen molar-refractivity contribution in [3.05, 3.63) is 58.5 Å². The maximum Gasteiger partial charge on any atom is 0.105 e. The molecule has 0 spiro atoms. The molecule has 1 heterocycles. The van der Waals surface area contributed by atoms with E-state index >= 15 is 0 Å². The lowest BCUT2D eigenvalue weighted by molar-refractivity contribution is 0.498. The van der Waals surface area contributed by atoms with Crippen molar-refractivity contribution >= 4 is 0 Å². The zero-order valence-electron chi connectivity index (χ0n) is 11.4. The molecular weight excluding hydrogens is 222 g/mol. The molecule has 96 valence electrons.